The molecule has 0 aliphatic carbocycles. The van der Waals surface area contributed by atoms with Crippen molar-refractivity contribution in [1.82, 2.24) is 4.57 Å². The van der Waals surface area contributed by atoms with E-state index in [1.165, 1.54) is 29.0 Å². The van der Waals surface area contributed by atoms with Gasteiger partial charge >= 0.3 is 0 Å². The van der Waals surface area contributed by atoms with Crippen LogP contribution in [0.4, 0.5) is 8.78 Å². The molecular weight excluding hydrogens is 386 g/mol. The minimum Gasteiger partial charge on any atom is -0.411 e. The molecule has 144 valence electrons. The predicted molar refractivity (Wildman–Crippen MR) is 105 cm³/mol. The van der Waals surface area contributed by atoms with Crippen LogP contribution in [0.5, 0.6) is 0 Å². The van der Waals surface area contributed by atoms with Crippen molar-refractivity contribution >= 4 is 17.3 Å². The number of rotatable bonds is 4. The molecule has 1 aromatic heterocycles. The van der Waals surface area contributed by atoms with Gasteiger partial charge in [-0.2, -0.15) is 0 Å². The maximum Gasteiger partial charge on any atom is 0.255 e. The molecule has 0 unspecified atom stereocenters. The molecule has 0 aliphatic heterocycles. The highest BCUT2D eigenvalue weighted by Gasteiger charge is 2.14. The lowest BCUT2D eigenvalue weighted by Crippen LogP contribution is -2.21. The molecule has 0 radical (unpaired) electrons. The third-order valence-electron chi connectivity index (χ3n) is 4.43. The van der Waals surface area contributed by atoms with Gasteiger partial charge in [-0.15, -0.1) is 0 Å². The van der Waals surface area contributed by atoms with E-state index < -0.39 is 11.6 Å². The van der Waals surface area contributed by atoms with Crippen LogP contribution in [0.2, 0.25) is 5.02 Å². The summed E-state index contributed by atoms with van der Waals surface area (Å²) in [7, 11) is 0. The average molecular weight is 403 g/mol. The van der Waals surface area contributed by atoms with Gasteiger partial charge in [-0.3, -0.25) is 9.36 Å². The first-order valence-electron chi connectivity index (χ1n) is 8.45. The zero-order valence-corrected chi connectivity index (χ0v) is 16.0. The van der Waals surface area contributed by atoms with Gasteiger partial charge in [0.15, 0.2) is 0 Å². The van der Waals surface area contributed by atoms with Crippen LogP contribution < -0.4 is 5.56 Å². The molecule has 0 saturated heterocycles. The lowest BCUT2D eigenvalue weighted by Gasteiger charge is -2.15. The molecule has 3 aromatic rings. The normalized spacial score (nSPS) is 11.7. The van der Waals surface area contributed by atoms with Crippen molar-refractivity contribution < 1.29 is 14.0 Å². The van der Waals surface area contributed by atoms with Crippen LogP contribution in [-0.4, -0.2) is 15.5 Å². The van der Waals surface area contributed by atoms with Crippen molar-refractivity contribution in [2.45, 2.75) is 20.3 Å². The van der Waals surface area contributed by atoms with E-state index >= 15 is 0 Å². The van der Waals surface area contributed by atoms with Gasteiger partial charge in [-0.1, -0.05) is 22.8 Å². The molecule has 0 atom stereocenters. The number of pyridine rings is 1. The SMILES string of the molecule is Cc1cc(Cl)cc(C)c1-n1cc(C(Cc2ccc(F)cc2F)=NO)ccc1=O. The Morgan fingerprint density at radius 3 is 2.39 bits per heavy atom. The van der Waals surface area contributed by atoms with Crippen LogP contribution in [0.1, 0.15) is 22.3 Å². The third kappa shape index (κ3) is 3.97. The molecule has 2 aromatic carbocycles. The molecule has 0 spiro atoms. The van der Waals surface area contributed by atoms with Crippen molar-refractivity contribution in [2.24, 2.45) is 5.16 Å². The fraction of sp³-hybridized carbons (Fsp3) is 0.143. The second kappa shape index (κ2) is 7.94. The first-order chi connectivity index (χ1) is 13.3. The van der Waals surface area contributed by atoms with Crippen molar-refractivity contribution in [3.63, 3.8) is 0 Å². The van der Waals surface area contributed by atoms with Crippen LogP contribution in [0.25, 0.3) is 5.69 Å². The smallest absolute Gasteiger partial charge is 0.255 e. The number of hydrogen-bond acceptors (Lipinski definition) is 3. The molecule has 4 nitrogen and oxygen atoms in total. The lowest BCUT2D eigenvalue weighted by atomic mass is 10.0. The van der Waals surface area contributed by atoms with Crippen molar-refractivity contribution in [3.8, 4) is 5.69 Å². The zero-order valence-electron chi connectivity index (χ0n) is 15.2. The zero-order chi connectivity index (χ0) is 20.4. The topological polar surface area (TPSA) is 54.6 Å². The summed E-state index contributed by atoms with van der Waals surface area (Å²) in [4.78, 5) is 12.4. The summed E-state index contributed by atoms with van der Waals surface area (Å²) < 4.78 is 28.5. The van der Waals surface area contributed by atoms with Gasteiger partial charge in [-0.25, -0.2) is 8.78 Å². The Kier molecular flexibility index (Phi) is 5.61. The van der Waals surface area contributed by atoms with E-state index in [1.807, 2.05) is 13.8 Å². The number of oxime groups is 1. The van der Waals surface area contributed by atoms with Crippen LogP contribution >= 0.6 is 11.6 Å². The van der Waals surface area contributed by atoms with E-state index in [-0.39, 0.29) is 23.3 Å². The summed E-state index contributed by atoms with van der Waals surface area (Å²) in [5.74, 6) is -1.43. The number of aromatic nitrogens is 1. The second-order valence-corrected chi connectivity index (χ2v) is 6.91. The van der Waals surface area contributed by atoms with Gasteiger partial charge in [0.25, 0.3) is 5.56 Å². The lowest BCUT2D eigenvalue weighted by molar-refractivity contribution is 0.318. The highest BCUT2D eigenvalue weighted by atomic mass is 35.5. The molecule has 1 N–H and O–H groups in total. The van der Waals surface area contributed by atoms with Gasteiger partial charge in [0.05, 0.1) is 11.4 Å². The molecule has 0 fully saturated rings. The van der Waals surface area contributed by atoms with E-state index in [2.05, 4.69) is 5.16 Å². The van der Waals surface area contributed by atoms with E-state index in [0.717, 1.165) is 23.3 Å². The van der Waals surface area contributed by atoms with Crippen molar-refractivity contribution in [2.75, 3.05) is 0 Å². The van der Waals surface area contributed by atoms with Crippen LogP contribution in [0.3, 0.4) is 0 Å². The molecule has 1 heterocycles. The number of halogens is 3. The largest absolute Gasteiger partial charge is 0.411 e. The number of benzene rings is 2. The maximum absolute atomic E-state index is 14.0. The highest BCUT2D eigenvalue weighted by Crippen LogP contribution is 2.23. The summed E-state index contributed by atoms with van der Waals surface area (Å²) in [6, 6.07) is 9.53. The standard InChI is InChI=1S/C21H17ClF2N2O2/c1-12-7-16(22)8-13(2)21(12)26-11-15(4-6-20(26)27)19(25-28)9-14-3-5-17(23)10-18(14)24/h3-8,10-11,28H,9H2,1-2H3. The maximum atomic E-state index is 14.0. The summed E-state index contributed by atoms with van der Waals surface area (Å²) in [5.41, 5.74) is 2.74. The fourth-order valence-electron chi connectivity index (χ4n) is 3.16. The summed E-state index contributed by atoms with van der Waals surface area (Å²) >= 11 is 6.07. The minimum absolute atomic E-state index is 0.0700. The first kappa shape index (κ1) is 19.8. The van der Waals surface area contributed by atoms with Crippen molar-refractivity contribution in [3.05, 3.63) is 97.9 Å². The Balaban J connectivity index is 2.06. The summed E-state index contributed by atoms with van der Waals surface area (Å²) in [5, 5.41) is 13.3. The molecule has 0 saturated carbocycles. The Bertz CT molecular complexity index is 1120. The van der Waals surface area contributed by atoms with Crippen molar-refractivity contribution in [1.29, 1.82) is 0 Å². The van der Waals surface area contributed by atoms with Crippen LogP contribution in [0, 0.1) is 25.5 Å². The molecular formula is C21H17ClF2N2O2. The highest BCUT2D eigenvalue weighted by molar-refractivity contribution is 6.30. The third-order valence-corrected chi connectivity index (χ3v) is 4.65. The van der Waals surface area contributed by atoms with E-state index in [9.17, 15) is 18.8 Å². The number of aryl methyl sites for hydroxylation is 2. The fourth-order valence-corrected chi connectivity index (χ4v) is 3.48. The monoisotopic (exact) mass is 402 g/mol. The molecule has 0 amide bonds. The molecule has 0 aliphatic rings. The quantitative estimate of drug-likeness (QED) is 0.387. The summed E-state index contributed by atoms with van der Waals surface area (Å²) in [6.45, 7) is 3.67. The molecule has 0 bridgehead atoms. The predicted octanol–water partition coefficient (Wildman–Crippen LogP) is 4.81. The van der Waals surface area contributed by atoms with E-state index in [4.69, 9.17) is 11.6 Å². The van der Waals surface area contributed by atoms with Gasteiger partial charge < -0.3 is 5.21 Å². The van der Waals surface area contributed by atoms with E-state index in [1.54, 1.807) is 12.1 Å². The Morgan fingerprint density at radius 2 is 1.79 bits per heavy atom. The van der Waals surface area contributed by atoms with E-state index in [0.29, 0.717) is 16.3 Å². The van der Waals surface area contributed by atoms with Gasteiger partial charge in [0.1, 0.15) is 11.6 Å². The second-order valence-electron chi connectivity index (χ2n) is 6.47. The van der Waals surface area contributed by atoms with Gasteiger partial charge in [0, 0.05) is 35.3 Å². The van der Waals surface area contributed by atoms with Gasteiger partial charge in [0.2, 0.25) is 0 Å². The van der Waals surface area contributed by atoms with Gasteiger partial charge in [-0.05, 0) is 54.8 Å². The number of hydrogen-bond donors (Lipinski definition) is 1. The Labute approximate surface area is 165 Å². The Morgan fingerprint density at radius 1 is 1.11 bits per heavy atom. The molecule has 28 heavy (non-hydrogen) atoms. The molecule has 3 rings (SSSR count). The van der Waals surface area contributed by atoms with Crippen LogP contribution in [0.15, 0.2) is 58.6 Å². The Hall–Kier alpha value is -2.99. The molecule has 7 heteroatoms. The van der Waals surface area contributed by atoms with Crippen LogP contribution in [-0.2, 0) is 6.42 Å². The first-order valence-corrected chi connectivity index (χ1v) is 8.83. The average Bonchev–Trinajstić information content (AvgIpc) is 2.62. The minimum atomic E-state index is -0.737. The summed E-state index contributed by atoms with van der Waals surface area (Å²) in [6.07, 6.45) is 1.46. The number of nitrogens with zero attached hydrogens (tertiary/aromatic N) is 2.